The third-order valence-electron chi connectivity index (χ3n) is 5.11. The van der Waals surface area contributed by atoms with Gasteiger partial charge in [0.25, 0.3) is 0 Å². The molecule has 1 aliphatic carbocycles. The Hall–Kier alpha value is -2.88. The number of carbonyl (C=O) groups excluding carboxylic acids is 1. The van der Waals surface area contributed by atoms with Crippen molar-refractivity contribution in [1.82, 2.24) is 9.78 Å². The molecular formula is C19H19FN4O2. The van der Waals surface area contributed by atoms with Crippen molar-refractivity contribution in [1.29, 1.82) is 5.26 Å². The standard InChI is InChI=1S/C19H19FN4O2/c1-2-26-19(25)15-7-22-24(11-15)10-12-3-4-17(16(6-21)18(12)20)23-8-13-5-14(13)9-23/h3-4,7,11,13-14H,2,5,8-10H2,1H3. The highest BCUT2D eigenvalue weighted by Gasteiger charge is 2.45. The number of anilines is 1. The minimum atomic E-state index is -0.515. The molecule has 0 radical (unpaired) electrons. The Morgan fingerprint density at radius 3 is 2.88 bits per heavy atom. The van der Waals surface area contributed by atoms with E-state index < -0.39 is 11.8 Å². The molecule has 2 heterocycles. The molecule has 2 aromatic rings. The van der Waals surface area contributed by atoms with Crippen molar-refractivity contribution >= 4 is 11.7 Å². The summed E-state index contributed by atoms with van der Waals surface area (Å²) in [7, 11) is 0. The van der Waals surface area contributed by atoms with Crippen LogP contribution in [0.3, 0.4) is 0 Å². The third kappa shape index (κ3) is 2.92. The van der Waals surface area contributed by atoms with Crippen LogP contribution in [-0.4, -0.2) is 35.4 Å². The highest BCUT2D eigenvalue weighted by atomic mass is 19.1. The van der Waals surface area contributed by atoms with Crippen LogP contribution in [-0.2, 0) is 11.3 Å². The molecule has 0 N–H and O–H groups in total. The Balaban J connectivity index is 1.56. The molecule has 2 fully saturated rings. The second-order valence-corrected chi connectivity index (χ2v) is 6.85. The summed E-state index contributed by atoms with van der Waals surface area (Å²) in [5, 5.41) is 13.5. The third-order valence-corrected chi connectivity index (χ3v) is 5.11. The number of carbonyl (C=O) groups is 1. The molecule has 26 heavy (non-hydrogen) atoms. The van der Waals surface area contributed by atoms with Gasteiger partial charge in [0.05, 0.1) is 30.6 Å². The maximum atomic E-state index is 14.9. The molecule has 0 amide bonds. The molecule has 1 aliphatic heterocycles. The summed E-state index contributed by atoms with van der Waals surface area (Å²) in [6, 6.07) is 5.53. The second kappa shape index (κ2) is 6.45. The van der Waals surface area contributed by atoms with Crippen molar-refractivity contribution < 1.29 is 13.9 Å². The predicted octanol–water partition coefficient (Wildman–Crippen LogP) is 2.57. The lowest BCUT2D eigenvalue weighted by Gasteiger charge is -2.22. The summed E-state index contributed by atoms with van der Waals surface area (Å²) in [6.45, 7) is 3.96. The van der Waals surface area contributed by atoms with Crippen LogP contribution >= 0.6 is 0 Å². The number of rotatable bonds is 5. The average Bonchev–Trinajstić information content (AvgIpc) is 3.04. The zero-order valence-corrected chi connectivity index (χ0v) is 14.5. The van der Waals surface area contributed by atoms with Crippen LogP contribution in [0.1, 0.15) is 34.8 Å². The number of benzene rings is 1. The van der Waals surface area contributed by atoms with Crippen LogP contribution in [0, 0.1) is 29.0 Å². The van der Waals surface area contributed by atoms with Gasteiger partial charge in [-0.05, 0) is 31.2 Å². The Kier molecular flexibility index (Phi) is 4.11. The van der Waals surface area contributed by atoms with Crippen LogP contribution < -0.4 is 4.90 Å². The fraction of sp³-hybridized carbons (Fsp3) is 0.421. The van der Waals surface area contributed by atoms with Gasteiger partial charge in [-0.2, -0.15) is 10.4 Å². The fourth-order valence-electron chi connectivity index (χ4n) is 3.64. The van der Waals surface area contributed by atoms with Gasteiger partial charge >= 0.3 is 5.97 Å². The molecule has 1 aromatic carbocycles. The molecule has 7 heteroatoms. The highest BCUT2D eigenvalue weighted by molar-refractivity contribution is 5.88. The number of esters is 1. The van der Waals surface area contributed by atoms with Crippen LogP contribution in [0.4, 0.5) is 10.1 Å². The van der Waals surface area contributed by atoms with Crippen LogP contribution in [0.2, 0.25) is 0 Å². The van der Waals surface area contributed by atoms with Gasteiger partial charge in [0.2, 0.25) is 0 Å². The van der Waals surface area contributed by atoms with E-state index in [4.69, 9.17) is 4.74 Å². The van der Waals surface area contributed by atoms with Crippen molar-refractivity contribution in [2.24, 2.45) is 11.8 Å². The minimum Gasteiger partial charge on any atom is -0.462 e. The Bertz CT molecular complexity index is 891. The normalized spacial score (nSPS) is 20.6. The molecule has 1 saturated heterocycles. The van der Waals surface area contributed by atoms with Crippen LogP contribution in [0.25, 0.3) is 0 Å². The van der Waals surface area contributed by atoms with Gasteiger partial charge in [0.1, 0.15) is 17.4 Å². The molecule has 1 aromatic heterocycles. The van der Waals surface area contributed by atoms with Gasteiger partial charge in [-0.1, -0.05) is 6.07 Å². The molecule has 2 unspecified atom stereocenters. The van der Waals surface area contributed by atoms with E-state index in [0.717, 1.165) is 13.1 Å². The van der Waals surface area contributed by atoms with E-state index in [9.17, 15) is 14.4 Å². The molecule has 6 nitrogen and oxygen atoms in total. The lowest BCUT2D eigenvalue weighted by Crippen LogP contribution is -2.23. The Morgan fingerprint density at radius 1 is 1.42 bits per heavy atom. The largest absolute Gasteiger partial charge is 0.462 e. The van der Waals surface area contributed by atoms with Crippen LogP contribution in [0.15, 0.2) is 24.5 Å². The number of nitrogens with zero attached hydrogens (tertiary/aromatic N) is 4. The zero-order valence-electron chi connectivity index (χ0n) is 14.5. The van der Waals surface area contributed by atoms with Crippen molar-refractivity contribution in [2.75, 3.05) is 24.6 Å². The average molecular weight is 354 g/mol. The SMILES string of the molecule is CCOC(=O)c1cnn(Cc2ccc(N3CC4CC4C3)c(C#N)c2F)c1. The van der Waals surface area contributed by atoms with Gasteiger partial charge < -0.3 is 9.64 Å². The van der Waals surface area contributed by atoms with E-state index in [0.29, 0.717) is 28.7 Å². The minimum absolute atomic E-state index is 0.0848. The highest BCUT2D eigenvalue weighted by Crippen LogP contribution is 2.47. The van der Waals surface area contributed by atoms with Gasteiger partial charge in [-0.25, -0.2) is 9.18 Å². The van der Waals surface area contributed by atoms with Gasteiger partial charge in [0, 0.05) is 24.8 Å². The van der Waals surface area contributed by atoms with Gasteiger partial charge in [-0.15, -0.1) is 0 Å². The molecule has 0 bridgehead atoms. The number of hydrogen-bond donors (Lipinski definition) is 0. The number of hydrogen-bond acceptors (Lipinski definition) is 5. The number of ether oxygens (including phenoxy) is 1. The monoisotopic (exact) mass is 354 g/mol. The molecule has 134 valence electrons. The van der Waals surface area contributed by atoms with E-state index in [1.54, 1.807) is 13.0 Å². The summed E-state index contributed by atoms with van der Waals surface area (Å²) in [4.78, 5) is 13.8. The Morgan fingerprint density at radius 2 is 2.19 bits per heavy atom. The summed E-state index contributed by atoms with van der Waals surface area (Å²) in [5.74, 6) is 0.433. The number of fused-ring (bicyclic) bond motifs is 1. The van der Waals surface area contributed by atoms with E-state index in [2.05, 4.69) is 10.00 Å². The molecule has 2 aliphatic rings. The summed E-state index contributed by atoms with van der Waals surface area (Å²) in [5.41, 5.74) is 1.45. The summed E-state index contributed by atoms with van der Waals surface area (Å²) in [6.07, 6.45) is 4.17. The maximum absolute atomic E-state index is 14.9. The maximum Gasteiger partial charge on any atom is 0.341 e. The zero-order chi connectivity index (χ0) is 18.3. The molecule has 2 atom stereocenters. The lowest BCUT2D eigenvalue weighted by molar-refractivity contribution is 0.0526. The second-order valence-electron chi connectivity index (χ2n) is 6.85. The van der Waals surface area contributed by atoms with E-state index in [1.807, 2.05) is 12.1 Å². The lowest BCUT2D eigenvalue weighted by atomic mass is 10.1. The predicted molar refractivity (Wildman–Crippen MR) is 92.2 cm³/mol. The Labute approximate surface area is 150 Å². The number of halogens is 1. The number of piperidine rings is 1. The molecule has 0 spiro atoms. The first-order valence-corrected chi connectivity index (χ1v) is 8.76. The number of aromatic nitrogens is 2. The smallest absolute Gasteiger partial charge is 0.341 e. The molecule has 1 saturated carbocycles. The van der Waals surface area contributed by atoms with Crippen LogP contribution in [0.5, 0.6) is 0 Å². The first kappa shape index (κ1) is 16.6. The van der Waals surface area contributed by atoms with Crippen molar-refractivity contribution in [3.63, 3.8) is 0 Å². The van der Waals surface area contributed by atoms with E-state index >= 15 is 0 Å². The first-order valence-electron chi connectivity index (χ1n) is 8.76. The summed E-state index contributed by atoms with van der Waals surface area (Å²) < 4.78 is 21.3. The van der Waals surface area contributed by atoms with Crippen molar-refractivity contribution in [3.05, 3.63) is 47.0 Å². The van der Waals surface area contributed by atoms with E-state index in [1.165, 1.54) is 23.5 Å². The first-order chi connectivity index (χ1) is 12.6. The van der Waals surface area contributed by atoms with Gasteiger partial charge in [-0.3, -0.25) is 4.68 Å². The van der Waals surface area contributed by atoms with Gasteiger partial charge in [0.15, 0.2) is 0 Å². The molecule has 4 rings (SSSR count). The van der Waals surface area contributed by atoms with Crippen molar-refractivity contribution in [2.45, 2.75) is 19.9 Å². The van der Waals surface area contributed by atoms with Crippen molar-refractivity contribution in [3.8, 4) is 6.07 Å². The fourth-order valence-corrected chi connectivity index (χ4v) is 3.64. The summed E-state index contributed by atoms with van der Waals surface area (Å²) >= 11 is 0. The quantitative estimate of drug-likeness (QED) is 0.772. The number of nitriles is 1. The van der Waals surface area contributed by atoms with E-state index in [-0.39, 0.29) is 18.7 Å². The molecular weight excluding hydrogens is 335 g/mol. The topological polar surface area (TPSA) is 71.2 Å².